The third-order valence-electron chi connectivity index (χ3n) is 6.48. The van der Waals surface area contributed by atoms with Gasteiger partial charge in [0.2, 0.25) is 5.43 Å². The van der Waals surface area contributed by atoms with Gasteiger partial charge in [-0.1, -0.05) is 0 Å². The number of hydrogen-bond donors (Lipinski definition) is 2. The Morgan fingerprint density at radius 2 is 2.00 bits per heavy atom. The van der Waals surface area contributed by atoms with Gasteiger partial charge < -0.3 is 24.6 Å². The van der Waals surface area contributed by atoms with Crippen molar-refractivity contribution >= 4 is 28.9 Å². The van der Waals surface area contributed by atoms with Crippen LogP contribution in [0.15, 0.2) is 17.1 Å². The van der Waals surface area contributed by atoms with Crippen LogP contribution in [0.5, 0.6) is 0 Å². The molecule has 1 saturated heterocycles. The number of nitrogens with one attached hydrogen (secondary N) is 1. The molecule has 176 valence electrons. The molecule has 1 aliphatic heterocycles. The van der Waals surface area contributed by atoms with Gasteiger partial charge in [0, 0.05) is 25.3 Å². The van der Waals surface area contributed by atoms with Crippen LogP contribution in [0.25, 0.3) is 11.0 Å². The van der Waals surface area contributed by atoms with E-state index >= 15 is 4.39 Å². The molecule has 3 heterocycles. The smallest absolute Gasteiger partial charge is 0.407 e. The third-order valence-corrected chi connectivity index (χ3v) is 6.48. The van der Waals surface area contributed by atoms with Crippen LogP contribution in [0.2, 0.25) is 0 Å². The summed E-state index contributed by atoms with van der Waals surface area (Å²) >= 11 is 0. The summed E-state index contributed by atoms with van der Waals surface area (Å²) in [6, 6.07) is 0.948. The summed E-state index contributed by atoms with van der Waals surface area (Å²) in [6.07, 6.45) is 3.44. The second-order valence-electron chi connectivity index (χ2n) is 10.3. The number of rotatable bonds is 4. The van der Waals surface area contributed by atoms with E-state index in [-0.39, 0.29) is 28.9 Å². The molecular weight excluding hydrogens is 431 g/mol. The van der Waals surface area contributed by atoms with Gasteiger partial charge in [-0.2, -0.15) is 0 Å². The van der Waals surface area contributed by atoms with E-state index in [4.69, 9.17) is 4.74 Å². The zero-order chi connectivity index (χ0) is 23.7. The number of nitrogens with zero attached hydrogens (tertiary/aromatic N) is 3. The van der Waals surface area contributed by atoms with Gasteiger partial charge in [0.05, 0.1) is 11.4 Å². The van der Waals surface area contributed by atoms with Crippen LogP contribution in [-0.4, -0.2) is 51.5 Å². The number of alkyl carbamates (subject to hydrolysis) is 1. The fourth-order valence-electron chi connectivity index (χ4n) is 4.73. The van der Waals surface area contributed by atoms with Crippen LogP contribution in [0, 0.1) is 17.7 Å². The van der Waals surface area contributed by atoms with E-state index in [0.717, 1.165) is 25.3 Å². The normalized spacial score (nSPS) is 24.4. The molecule has 9 nitrogen and oxygen atoms in total. The van der Waals surface area contributed by atoms with E-state index in [1.165, 1.54) is 6.20 Å². The molecule has 2 aliphatic carbocycles. The number of hydrogen-bond acceptors (Lipinski definition) is 6. The highest BCUT2D eigenvalue weighted by molar-refractivity contribution is 5.92. The lowest BCUT2D eigenvalue weighted by Gasteiger charge is -2.34. The molecule has 10 heteroatoms. The summed E-state index contributed by atoms with van der Waals surface area (Å²) in [7, 11) is 0. The number of carbonyl (C=O) groups excluding carboxylic acids is 1. The molecule has 2 saturated carbocycles. The number of ether oxygens (including phenoxy) is 1. The SMILES string of the molecule is CC(C)(C)OC(=O)N[C@H]1CN(c2nc3c(cc2F)c(=O)c(C(=O)O)cn3C2CC2)C[C@@H]2C[C@@H]21. The summed E-state index contributed by atoms with van der Waals surface area (Å²) in [5.74, 6) is -1.27. The molecule has 2 aromatic rings. The highest BCUT2D eigenvalue weighted by Crippen LogP contribution is 2.46. The molecule has 2 aromatic heterocycles. The first kappa shape index (κ1) is 21.7. The minimum Gasteiger partial charge on any atom is -0.477 e. The Morgan fingerprint density at radius 3 is 2.64 bits per heavy atom. The Kier molecular flexibility index (Phi) is 4.88. The van der Waals surface area contributed by atoms with Gasteiger partial charge >= 0.3 is 12.1 Å². The van der Waals surface area contributed by atoms with Crippen LogP contribution in [0.3, 0.4) is 0 Å². The number of fused-ring (bicyclic) bond motifs is 2. The van der Waals surface area contributed by atoms with Gasteiger partial charge in [-0.05, 0) is 57.9 Å². The van der Waals surface area contributed by atoms with E-state index in [1.807, 2.05) is 0 Å². The van der Waals surface area contributed by atoms with Crippen molar-refractivity contribution in [2.45, 2.75) is 57.7 Å². The maximum Gasteiger partial charge on any atom is 0.407 e. The number of carboxylic acids is 1. The lowest BCUT2D eigenvalue weighted by Crippen LogP contribution is -2.51. The van der Waals surface area contributed by atoms with E-state index in [2.05, 4.69) is 10.3 Å². The Balaban J connectivity index is 1.48. The van der Waals surface area contributed by atoms with Crippen molar-refractivity contribution in [3.05, 3.63) is 33.9 Å². The molecule has 0 radical (unpaired) electrons. The predicted molar refractivity (Wildman–Crippen MR) is 118 cm³/mol. The summed E-state index contributed by atoms with van der Waals surface area (Å²) in [6.45, 7) is 6.36. The zero-order valence-electron chi connectivity index (χ0n) is 18.8. The molecule has 0 bridgehead atoms. The van der Waals surface area contributed by atoms with Crippen LogP contribution in [-0.2, 0) is 4.74 Å². The van der Waals surface area contributed by atoms with Crippen molar-refractivity contribution in [3.63, 3.8) is 0 Å². The number of aromatic nitrogens is 2. The Bertz CT molecular complexity index is 1220. The van der Waals surface area contributed by atoms with Crippen molar-refractivity contribution in [2.75, 3.05) is 18.0 Å². The minimum atomic E-state index is -1.34. The highest BCUT2D eigenvalue weighted by Gasteiger charge is 2.49. The molecular formula is C23H27FN4O5. The summed E-state index contributed by atoms with van der Waals surface area (Å²) < 4.78 is 22.3. The van der Waals surface area contributed by atoms with Crippen LogP contribution in [0.1, 0.15) is 56.4 Å². The van der Waals surface area contributed by atoms with Crippen molar-refractivity contribution < 1.29 is 23.8 Å². The summed E-state index contributed by atoms with van der Waals surface area (Å²) in [4.78, 5) is 42.8. The highest BCUT2D eigenvalue weighted by atomic mass is 19.1. The average molecular weight is 458 g/mol. The minimum absolute atomic E-state index is 0.0345. The second-order valence-corrected chi connectivity index (χ2v) is 10.3. The molecule has 5 rings (SSSR count). The first-order valence-corrected chi connectivity index (χ1v) is 11.2. The molecule has 3 atom stereocenters. The molecule has 1 amide bonds. The summed E-state index contributed by atoms with van der Waals surface area (Å²) in [5, 5.41) is 12.3. The van der Waals surface area contributed by atoms with Gasteiger partial charge in [0.25, 0.3) is 0 Å². The van der Waals surface area contributed by atoms with Crippen LogP contribution >= 0.6 is 0 Å². The second kappa shape index (κ2) is 7.43. The van der Waals surface area contributed by atoms with E-state index in [0.29, 0.717) is 30.6 Å². The van der Waals surface area contributed by atoms with Crippen LogP contribution < -0.4 is 15.6 Å². The molecule has 2 N–H and O–H groups in total. The Hall–Kier alpha value is -3.17. The number of aromatic carboxylic acids is 1. The van der Waals surface area contributed by atoms with Crippen molar-refractivity contribution in [3.8, 4) is 0 Å². The molecule has 33 heavy (non-hydrogen) atoms. The van der Waals surface area contributed by atoms with Crippen LogP contribution in [0.4, 0.5) is 15.0 Å². The first-order valence-electron chi connectivity index (χ1n) is 11.2. The number of carboxylic acid groups (broad SMARTS) is 1. The maximum absolute atomic E-state index is 15.2. The van der Waals surface area contributed by atoms with Crippen molar-refractivity contribution in [2.24, 2.45) is 11.8 Å². The maximum atomic E-state index is 15.2. The number of carbonyl (C=O) groups is 2. The van der Waals surface area contributed by atoms with Crippen molar-refractivity contribution in [1.29, 1.82) is 0 Å². The van der Waals surface area contributed by atoms with E-state index in [1.54, 1.807) is 30.2 Å². The number of anilines is 1. The molecule has 3 fully saturated rings. The quantitative estimate of drug-likeness (QED) is 0.724. The first-order chi connectivity index (χ1) is 15.5. The topological polar surface area (TPSA) is 114 Å². The van der Waals surface area contributed by atoms with Gasteiger partial charge in [0.1, 0.15) is 16.8 Å². The fourth-order valence-corrected chi connectivity index (χ4v) is 4.73. The zero-order valence-corrected chi connectivity index (χ0v) is 18.8. The predicted octanol–water partition coefficient (Wildman–Crippen LogP) is 2.92. The number of piperidine rings is 1. The van der Waals surface area contributed by atoms with E-state index < -0.39 is 28.9 Å². The van der Waals surface area contributed by atoms with Gasteiger partial charge in [-0.25, -0.2) is 19.0 Å². The third kappa shape index (κ3) is 4.14. The van der Waals surface area contributed by atoms with E-state index in [9.17, 15) is 19.5 Å². The lowest BCUT2D eigenvalue weighted by molar-refractivity contribution is 0.0494. The number of halogens is 1. The largest absolute Gasteiger partial charge is 0.477 e. The lowest BCUT2D eigenvalue weighted by atomic mass is 10.1. The average Bonchev–Trinajstić information content (AvgIpc) is 3.60. The van der Waals surface area contributed by atoms with Crippen molar-refractivity contribution in [1.82, 2.24) is 14.9 Å². The standard InChI is InChI=1S/C23H27FN4O5/c1-23(2,3)33-22(32)25-17-10-27(8-11-6-13(11)17)20-16(24)7-14-18(29)15(21(30)31)9-28(12-4-5-12)19(14)26-20/h7,9,11-13,17H,4-6,8,10H2,1-3H3,(H,25,32)(H,30,31)/t11-,13-,17-/m0/s1. The number of amides is 1. The molecule has 0 aromatic carbocycles. The van der Waals surface area contributed by atoms with Gasteiger partial charge in [0.15, 0.2) is 11.6 Å². The molecule has 3 aliphatic rings. The fraction of sp³-hybridized carbons (Fsp3) is 0.565. The Labute approximate surface area is 189 Å². The van der Waals surface area contributed by atoms with Gasteiger partial charge in [-0.3, -0.25) is 4.79 Å². The summed E-state index contributed by atoms with van der Waals surface area (Å²) in [5.41, 5.74) is -1.45. The molecule has 0 spiro atoms. The Morgan fingerprint density at radius 1 is 1.27 bits per heavy atom. The molecule has 0 unspecified atom stereocenters. The monoisotopic (exact) mass is 458 g/mol. The van der Waals surface area contributed by atoms with Gasteiger partial charge in [-0.15, -0.1) is 0 Å². The number of pyridine rings is 2.